The van der Waals surface area contributed by atoms with Crippen LogP contribution in [0.5, 0.6) is 0 Å². The molecule has 6 heteroatoms. The molecule has 1 aliphatic carbocycles. The Hall–Kier alpha value is -0.740. The third-order valence-electron chi connectivity index (χ3n) is 1.36. The Morgan fingerprint density at radius 2 is 1.29 bits per heavy atom. The van der Waals surface area contributed by atoms with E-state index in [1.54, 1.807) is 24.5 Å². The van der Waals surface area contributed by atoms with E-state index in [2.05, 4.69) is 9.98 Å². The summed E-state index contributed by atoms with van der Waals surface area (Å²) in [6.45, 7) is 0. The lowest BCUT2D eigenvalue weighted by Crippen LogP contribution is -2.07. The van der Waals surface area contributed by atoms with Crippen molar-refractivity contribution >= 4 is 56.6 Å². The van der Waals surface area contributed by atoms with E-state index in [4.69, 9.17) is 10.5 Å². The fourth-order valence-corrected chi connectivity index (χ4v) is 1.95. The fraction of sp³-hybridized carbons (Fsp3) is 0. The molecule has 0 amide bonds. The molecular weight excluding hydrogens is 406 g/mol. The number of allylic oxidation sites excluding steroid dienone is 4. The second kappa shape index (κ2) is 5.22. The van der Waals surface area contributed by atoms with Gasteiger partial charge >= 0.3 is 0 Å². The van der Waals surface area contributed by atoms with Crippen molar-refractivity contribution < 1.29 is 0 Å². The fourth-order valence-electron chi connectivity index (χ4n) is 0.805. The summed E-state index contributed by atoms with van der Waals surface area (Å²) in [4.78, 5) is 7.27. The van der Waals surface area contributed by atoms with Gasteiger partial charge in [-0.1, -0.05) is 0 Å². The van der Waals surface area contributed by atoms with Gasteiger partial charge in [0.05, 0.1) is 11.4 Å². The highest BCUT2D eigenvalue weighted by Crippen LogP contribution is 2.22. The van der Waals surface area contributed by atoms with E-state index in [1.807, 2.05) is 45.2 Å². The largest absolute Gasteiger partial charge is 0.206 e. The molecule has 0 bridgehead atoms. The van der Waals surface area contributed by atoms with E-state index in [9.17, 15) is 0 Å². The van der Waals surface area contributed by atoms with Crippen LogP contribution in [0.25, 0.3) is 0 Å². The zero-order valence-electron chi connectivity index (χ0n) is 6.70. The van der Waals surface area contributed by atoms with Gasteiger partial charge in [-0.15, -0.1) is 0 Å². The highest BCUT2D eigenvalue weighted by molar-refractivity contribution is 14.1. The van der Waals surface area contributed by atoms with Crippen LogP contribution in [0.4, 0.5) is 0 Å². The topological polar surface area (TPSA) is 72.3 Å². The summed E-state index contributed by atoms with van der Waals surface area (Å²) in [6.07, 6.45) is 6.90. The van der Waals surface area contributed by atoms with Crippen molar-refractivity contribution in [2.45, 2.75) is 0 Å². The summed E-state index contributed by atoms with van der Waals surface area (Å²) in [5.74, 6) is 0. The van der Waals surface area contributed by atoms with Crippen LogP contribution < -0.4 is 0 Å². The normalized spacial score (nSPS) is 21.1. The molecule has 0 aromatic carbocycles. The average molecular weight is 408 g/mol. The molecule has 0 saturated heterocycles. The van der Waals surface area contributed by atoms with Crippen LogP contribution in [-0.2, 0) is 0 Å². The van der Waals surface area contributed by atoms with Gasteiger partial charge in [0.1, 0.15) is 0 Å². The predicted molar refractivity (Wildman–Crippen MR) is 70.3 cm³/mol. The molecule has 0 N–H and O–H groups in total. The van der Waals surface area contributed by atoms with Gasteiger partial charge in [0, 0.05) is 7.16 Å². The molecule has 0 fully saturated rings. The average Bonchev–Trinajstić information content (AvgIpc) is 2.14. The first-order chi connectivity index (χ1) is 6.69. The van der Waals surface area contributed by atoms with E-state index in [-0.39, 0.29) is 0 Å². The standard InChI is InChI=1S/C8H2I2N4/c9-5-1-7(13-3-11)6(10)2-8(5)14-4-12/h1-2H. The molecule has 0 aromatic rings. The van der Waals surface area contributed by atoms with Crippen LogP contribution in [0.2, 0.25) is 0 Å². The highest BCUT2D eigenvalue weighted by Gasteiger charge is 2.13. The maximum Gasteiger partial charge on any atom is 0.206 e. The number of hydrogen-bond donors (Lipinski definition) is 0. The second-order valence-corrected chi connectivity index (χ2v) is 4.50. The summed E-state index contributed by atoms with van der Waals surface area (Å²) in [6, 6.07) is 0. The van der Waals surface area contributed by atoms with E-state index < -0.39 is 0 Å². The first-order valence-corrected chi connectivity index (χ1v) is 5.53. The minimum atomic E-state index is 0.606. The molecule has 0 spiro atoms. The van der Waals surface area contributed by atoms with Gasteiger partial charge < -0.3 is 0 Å². The van der Waals surface area contributed by atoms with Crippen LogP contribution in [0.15, 0.2) is 29.3 Å². The quantitative estimate of drug-likeness (QED) is 0.351. The summed E-state index contributed by atoms with van der Waals surface area (Å²) in [5.41, 5.74) is 1.21. The van der Waals surface area contributed by atoms with Crippen molar-refractivity contribution in [3.63, 3.8) is 0 Å². The van der Waals surface area contributed by atoms with Crippen molar-refractivity contribution in [2.75, 3.05) is 0 Å². The van der Waals surface area contributed by atoms with E-state index in [0.717, 1.165) is 7.16 Å². The Bertz CT molecular complexity index is 413. The van der Waals surface area contributed by atoms with Gasteiger partial charge in [0.25, 0.3) is 0 Å². The first kappa shape index (κ1) is 11.3. The van der Waals surface area contributed by atoms with E-state index >= 15 is 0 Å². The van der Waals surface area contributed by atoms with Gasteiger partial charge in [-0.25, -0.2) is 0 Å². The van der Waals surface area contributed by atoms with Gasteiger partial charge in [-0.2, -0.15) is 20.5 Å². The summed E-state index contributed by atoms with van der Waals surface area (Å²) in [7, 11) is 0. The van der Waals surface area contributed by atoms with Gasteiger partial charge in [0.15, 0.2) is 0 Å². The lowest BCUT2D eigenvalue weighted by molar-refractivity contribution is 1.43. The Labute approximate surface area is 108 Å². The predicted octanol–water partition coefficient (Wildman–Crippen LogP) is 2.48. The molecule has 14 heavy (non-hydrogen) atoms. The minimum absolute atomic E-state index is 0.606. The SMILES string of the molecule is N#CN=C1C=C(I)C(=NC#N)C=C1I. The number of rotatable bonds is 0. The van der Waals surface area contributed by atoms with Gasteiger partial charge in [-0.05, 0) is 57.3 Å². The van der Waals surface area contributed by atoms with Crippen molar-refractivity contribution in [1.29, 1.82) is 10.5 Å². The number of hydrogen-bond acceptors (Lipinski definition) is 4. The van der Waals surface area contributed by atoms with Crippen molar-refractivity contribution in [1.82, 2.24) is 0 Å². The zero-order chi connectivity index (χ0) is 10.6. The maximum absolute atomic E-state index is 8.41. The molecule has 4 nitrogen and oxygen atoms in total. The molecule has 0 atom stereocenters. The smallest absolute Gasteiger partial charge is 0.173 e. The molecule has 0 unspecified atom stereocenters. The molecule has 0 saturated carbocycles. The van der Waals surface area contributed by atoms with Crippen LogP contribution in [0.1, 0.15) is 0 Å². The maximum atomic E-state index is 8.41. The van der Waals surface area contributed by atoms with Crippen LogP contribution in [0, 0.1) is 22.9 Å². The zero-order valence-corrected chi connectivity index (χ0v) is 11.0. The number of halogens is 2. The lowest BCUT2D eigenvalue weighted by Gasteiger charge is -2.07. The minimum Gasteiger partial charge on any atom is -0.173 e. The third kappa shape index (κ3) is 2.62. The van der Waals surface area contributed by atoms with Crippen molar-refractivity contribution in [3.8, 4) is 12.4 Å². The molecule has 0 radical (unpaired) electrons. The molecule has 0 heterocycles. The van der Waals surface area contributed by atoms with Crippen LogP contribution in [0.3, 0.4) is 0 Å². The number of nitrogens with zero attached hydrogens (tertiary/aromatic N) is 4. The highest BCUT2D eigenvalue weighted by atomic mass is 127. The van der Waals surface area contributed by atoms with Crippen LogP contribution in [-0.4, -0.2) is 11.4 Å². The Balaban J connectivity index is 3.17. The monoisotopic (exact) mass is 408 g/mol. The Kier molecular flexibility index (Phi) is 4.22. The van der Waals surface area contributed by atoms with E-state index in [1.165, 1.54) is 0 Å². The van der Waals surface area contributed by atoms with Crippen molar-refractivity contribution in [3.05, 3.63) is 19.3 Å². The number of aliphatic imine (C=N–C) groups is 2. The summed E-state index contributed by atoms with van der Waals surface area (Å²) in [5, 5.41) is 16.8. The Morgan fingerprint density at radius 3 is 1.57 bits per heavy atom. The Morgan fingerprint density at radius 1 is 0.929 bits per heavy atom. The van der Waals surface area contributed by atoms with Gasteiger partial charge in [-0.3, -0.25) is 0 Å². The van der Waals surface area contributed by atoms with Gasteiger partial charge in [0.2, 0.25) is 12.4 Å². The molecule has 68 valence electrons. The first-order valence-electron chi connectivity index (χ1n) is 3.37. The number of nitriles is 2. The molecule has 0 aliphatic heterocycles. The van der Waals surface area contributed by atoms with Crippen molar-refractivity contribution in [2.24, 2.45) is 9.98 Å². The third-order valence-corrected chi connectivity index (χ3v) is 3.09. The summed E-state index contributed by atoms with van der Waals surface area (Å²) >= 11 is 4.10. The molecule has 1 aliphatic rings. The lowest BCUT2D eigenvalue weighted by atomic mass is 10.1. The molecule has 0 aromatic heterocycles. The summed E-state index contributed by atoms with van der Waals surface area (Å²) < 4.78 is 1.61. The van der Waals surface area contributed by atoms with E-state index in [0.29, 0.717) is 11.4 Å². The molecule has 1 rings (SSSR count). The van der Waals surface area contributed by atoms with Crippen LogP contribution >= 0.6 is 45.2 Å². The molecular formula is C8H2I2N4. The second-order valence-electron chi connectivity index (χ2n) is 2.18.